The van der Waals surface area contributed by atoms with E-state index in [0.717, 1.165) is 0 Å². The molecule has 1 aromatic rings. The maximum atomic E-state index is 12.4. The van der Waals surface area contributed by atoms with Gasteiger partial charge in [-0.2, -0.15) is 4.31 Å². The summed E-state index contributed by atoms with van der Waals surface area (Å²) in [5.41, 5.74) is 0.185. The Labute approximate surface area is 118 Å². The standard InChI is InChI=1S/C12H18N2O5S/c1-18-9-7-14(8-10-19-2)20(16,17)12-5-3-11(13-15)4-6-12/h3-6H,7-10H2,1-2H3. The Morgan fingerprint density at radius 1 is 1.05 bits per heavy atom. The first-order chi connectivity index (χ1) is 9.56. The maximum Gasteiger partial charge on any atom is 0.243 e. The Balaban J connectivity index is 2.97. The van der Waals surface area contributed by atoms with E-state index in [0.29, 0.717) is 0 Å². The van der Waals surface area contributed by atoms with Gasteiger partial charge in [0.25, 0.3) is 0 Å². The smallest absolute Gasteiger partial charge is 0.243 e. The second-order valence-corrected chi connectivity index (χ2v) is 5.91. The van der Waals surface area contributed by atoms with Gasteiger partial charge in [-0.05, 0) is 29.4 Å². The van der Waals surface area contributed by atoms with Crippen LogP contribution in [0, 0.1) is 4.91 Å². The van der Waals surface area contributed by atoms with Crippen LogP contribution in [-0.2, 0) is 19.5 Å². The third kappa shape index (κ3) is 4.34. The van der Waals surface area contributed by atoms with Crippen LogP contribution in [0.4, 0.5) is 5.69 Å². The lowest BCUT2D eigenvalue weighted by molar-refractivity contribution is 0.150. The van der Waals surface area contributed by atoms with Crippen molar-refractivity contribution < 1.29 is 17.9 Å². The first-order valence-corrected chi connectivity index (χ1v) is 7.41. The Bertz CT molecular complexity index is 507. The van der Waals surface area contributed by atoms with Crippen LogP contribution in [0.2, 0.25) is 0 Å². The molecule has 7 nitrogen and oxygen atoms in total. The summed E-state index contributed by atoms with van der Waals surface area (Å²) in [4.78, 5) is 10.4. The van der Waals surface area contributed by atoms with Gasteiger partial charge < -0.3 is 9.47 Å². The van der Waals surface area contributed by atoms with E-state index in [9.17, 15) is 13.3 Å². The summed E-state index contributed by atoms with van der Waals surface area (Å²) in [5.74, 6) is 0. The molecule has 0 saturated heterocycles. The molecule has 0 heterocycles. The molecule has 8 heteroatoms. The van der Waals surface area contributed by atoms with Crippen LogP contribution in [0.3, 0.4) is 0 Å². The van der Waals surface area contributed by atoms with E-state index in [2.05, 4.69) is 5.18 Å². The third-order valence-electron chi connectivity index (χ3n) is 2.67. The molecule has 0 bridgehead atoms. The first kappa shape index (κ1) is 16.7. The molecule has 1 aromatic carbocycles. The molecule has 0 fully saturated rings. The Morgan fingerprint density at radius 3 is 1.95 bits per heavy atom. The van der Waals surface area contributed by atoms with E-state index in [1.165, 1.54) is 42.8 Å². The normalized spacial score (nSPS) is 11.8. The maximum absolute atomic E-state index is 12.4. The highest BCUT2D eigenvalue weighted by Crippen LogP contribution is 2.19. The van der Waals surface area contributed by atoms with Crippen molar-refractivity contribution >= 4 is 15.7 Å². The number of benzene rings is 1. The number of nitrogens with zero attached hydrogens (tertiary/aromatic N) is 2. The summed E-state index contributed by atoms with van der Waals surface area (Å²) in [6.45, 7) is 1.04. The van der Waals surface area contributed by atoms with Crippen molar-refractivity contribution in [2.45, 2.75) is 4.90 Å². The quantitative estimate of drug-likeness (QED) is 0.643. The van der Waals surface area contributed by atoms with Crippen molar-refractivity contribution in [3.05, 3.63) is 29.2 Å². The van der Waals surface area contributed by atoms with Crippen LogP contribution < -0.4 is 0 Å². The minimum atomic E-state index is -3.64. The molecule has 0 saturated carbocycles. The number of rotatable bonds is 9. The number of nitroso groups, excluding NO2 is 1. The summed E-state index contributed by atoms with van der Waals surface area (Å²) < 4.78 is 36.0. The second kappa shape index (κ2) is 8.05. The van der Waals surface area contributed by atoms with Crippen LogP contribution in [0.1, 0.15) is 0 Å². The summed E-state index contributed by atoms with van der Waals surface area (Å²) in [5, 5.41) is 2.74. The second-order valence-electron chi connectivity index (χ2n) is 3.97. The van der Waals surface area contributed by atoms with Crippen molar-refractivity contribution in [3.63, 3.8) is 0 Å². The van der Waals surface area contributed by atoms with Crippen molar-refractivity contribution in [3.8, 4) is 0 Å². The van der Waals surface area contributed by atoms with Gasteiger partial charge in [0.05, 0.1) is 18.1 Å². The molecular formula is C12H18N2O5S. The van der Waals surface area contributed by atoms with Gasteiger partial charge in [0.2, 0.25) is 10.0 Å². The summed E-state index contributed by atoms with van der Waals surface area (Å²) in [6.07, 6.45) is 0. The molecule has 112 valence electrons. The fourth-order valence-corrected chi connectivity index (χ4v) is 2.97. The van der Waals surface area contributed by atoms with Crippen LogP contribution in [0.15, 0.2) is 34.3 Å². The van der Waals surface area contributed by atoms with Gasteiger partial charge in [-0.1, -0.05) is 0 Å². The number of ether oxygens (including phenoxy) is 2. The molecule has 0 atom stereocenters. The predicted molar refractivity (Wildman–Crippen MR) is 74.4 cm³/mol. The molecule has 0 aliphatic rings. The molecule has 0 aliphatic carbocycles. The van der Waals surface area contributed by atoms with Crippen molar-refractivity contribution in [2.24, 2.45) is 5.18 Å². The monoisotopic (exact) mass is 302 g/mol. The molecule has 20 heavy (non-hydrogen) atoms. The van der Waals surface area contributed by atoms with E-state index in [1.807, 2.05) is 0 Å². The van der Waals surface area contributed by atoms with Gasteiger partial charge >= 0.3 is 0 Å². The van der Waals surface area contributed by atoms with Gasteiger partial charge in [0.15, 0.2) is 0 Å². The molecule has 0 spiro atoms. The first-order valence-electron chi connectivity index (χ1n) is 5.97. The largest absolute Gasteiger partial charge is 0.383 e. The number of methoxy groups -OCH3 is 2. The lowest BCUT2D eigenvalue weighted by Crippen LogP contribution is -2.36. The molecule has 0 amide bonds. The van der Waals surface area contributed by atoms with Crippen LogP contribution in [-0.4, -0.2) is 53.2 Å². The van der Waals surface area contributed by atoms with Crippen molar-refractivity contribution in [1.82, 2.24) is 4.31 Å². The minimum Gasteiger partial charge on any atom is -0.383 e. The van der Waals surface area contributed by atoms with E-state index in [-0.39, 0.29) is 36.9 Å². The van der Waals surface area contributed by atoms with Gasteiger partial charge in [-0.15, -0.1) is 4.91 Å². The Kier molecular flexibility index (Phi) is 6.73. The average molecular weight is 302 g/mol. The lowest BCUT2D eigenvalue weighted by Gasteiger charge is -2.21. The molecule has 0 unspecified atom stereocenters. The number of hydrogen-bond donors (Lipinski definition) is 0. The lowest BCUT2D eigenvalue weighted by atomic mass is 10.3. The Hall–Kier alpha value is -1.35. The van der Waals surface area contributed by atoms with Crippen LogP contribution >= 0.6 is 0 Å². The SMILES string of the molecule is COCCN(CCOC)S(=O)(=O)c1ccc(N=O)cc1. The van der Waals surface area contributed by atoms with Crippen LogP contribution in [0.5, 0.6) is 0 Å². The topological polar surface area (TPSA) is 85.3 Å². The number of hydrogen-bond acceptors (Lipinski definition) is 6. The molecule has 1 rings (SSSR count). The molecule has 0 radical (unpaired) electrons. The third-order valence-corrected chi connectivity index (χ3v) is 4.58. The van der Waals surface area contributed by atoms with Gasteiger partial charge in [-0.3, -0.25) is 0 Å². The van der Waals surface area contributed by atoms with E-state index < -0.39 is 10.0 Å². The minimum absolute atomic E-state index is 0.108. The summed E-state index contributed by atoms with van der Waals surface area (Å²) in [7, 11) is -0.630. The zero-order chi connectivity index (χ0) is 15.0. The van der Waals surface area contributed by atoms with E-state index >= 15 is 0 Å². The van der Waals surface area contributed by atoms with Gasteiger partial charge in [0, 0.05) is 27.3 Å². The molecule has 0 N–H and O–H groups in total. The highest BCUT2D eigenvalue weighted by Gasteiger charge is 2.23. The fourth-order valence-electron chi connectivity index (χ4n) is 1.57. The molecular weight excluding hydrogens is 284 g/mol. The van der Waals surface area contributed by atoms with E-state index in [1.54, 1.807) is 0 Å². The molecule has 0 aromatic heterocycles. The summed E-state index contributed by atoms with van der Waals surface area (Å²) >= 11 is 0. The van der Waals surface area contributed by atoms with Crippen molar-refractivity contribution in [1.29, 1.82) is 0 Å². The predicted octanol–water partition coefficient (Wildman–Crippen LogP) is 1.37. The average Bonchev–Trinajstić information content (AvgIpc) is 2.47. The van der Waals surface area contributed by atoms with E-state index in [4.69, 9.17) is 9.47 Å². The summed E-state index contributed by atoms with van der Waals surface area (Å²) in [6, 6.07) is 5.45. The van der Waals surface area contributed by atoms with Gasteiger partial charge in [0.1, 0.15) is 5.69 Å². The fraction of sp³-hybridized carbons (Fsp3) is 0.500. The highest BCUT2D eigenvalue weighted by molar-refractivity contribution is 7.89. The zero-order valence-corrected chi connectivity index (χ0v) is 12.3. The molecule has 0 aliphatic heterocycles. The number of sulfonamides is 1. The van der Waals surface area contributed by atoms with Crippen molar-refractivity contribution in [2.75, 3.05) is 40.5 Å². The Morgan fingerprint density at radius 2 is 1.55 bits per heavy atom. The highest BCUT2D eigenvalue weighted by atomic mass is 32.2. The van der Waals surface area contributed by atoms with Gasteiger partial charge in [-0.25, -0.2) is 8.42 Å². The van der Waals surface area contributed by atoms with Crippen LogP contribution in [0.25, 0.3) is 0 Å². The zero-order valence-electron chi connectivity index (χ0n) is 11.5.